The highest BCUT2D eigenvalue weighted by atomic mass is 16.7. The lowest BCUT2D eigenvalue weighted by Gasteiger charge is -2.25. The maximum absolute atomic E-state index is 11.1. The van der Waals surface area contributed by atoms with Crippen LogP contribution in [0.1, 0.15) is 64.7 Å². The third-order valence-corrected chi connectivity index (χ3v) is 4.32. The molecule has 0 aliphatic rings. The number of carboxylic acids is 1. The molecule has 1 amide bonds. The average Bonchev–Trinajstić information content (AvgIpc) is 2.63. The predicted octanol–water partition coefficient (Wildman–Crippen LogP) is 0.320. The fourth-order valence-electron chi connectivity index (χ4n) is 2.55. The van der Waals surface area contributed by atoms with Crippen molar-refractivity contribution in [1.82, 2.24) is 10.8 Å². The summed E-state index contributed by atoms with van der Waals surface area (Å²) in [5.41, 5.74) is 2.51. The van der Waals surface area contributed by atoms with Crippen molar-refractivity contribution in [2.45, 2.75) is 89.1 Å². The van der Waals surface area contributed by atoms with Crippen molar-refractivity contribution in [1.29, 1.82) is 0 Å². The van der Waals surface area contributed by atoms with Crippen molar-refractivity contribution in [3.8, 4) is 0 Å². The number of hydrogen-bond acceptors (Lipinski definition) is 7. The third-order valence-electron chi connectivity index (χ3n) is 4.32. The monoisotopic (exact) mass is 392 g/mol. The first kappa shape index (κ1) is 25.7. The average molecular weight is 392 g/mol. The molecule has 0 bridgehead atoms. The summed E-state index contributed by atoms with van der Waals surface area (Å²) >= 11 is 0. The van der Waals surface area contributed by atoms with Gasteiger partial charge < -0.3 is 25.7 Å². The molecule has 9 heteroatoms. The van der Waals surface area contributed by atoms with Crippen molar-refractivity contribution in [2.24, 2.45) is 0 Å². The Morgan fingerprint density at radius 3 is 1.89 bits per heavy atom. The maximum atomic E-state index is 11.1. The fraction of sp³-hybridized carbons (Fsp3) is 0.889. The number of aliphatic hydroxyl groups excluding tert-OH is 3. The van der Waals surface area contributed by atoms with Gasteiger partial charge in [0, 0.05) is 20.0 Å². The van der Waals surface area contributed by atoms with Gasteiger partial charge in [-0.25, -0.2) is 10.3 Å². The number of nitrogens with one attached hydrogen (secondary N) is 2. The van der Waals surface area contributed by atoms with E-state index in [9.17, 15) is 24.9 Å². The van der Waals surface area contributed by atoms with E-state index in [1.54, 1.807) is 7.05 Å². The zero-order valence-electron chi connectivity index (χ0n) is 16.4. The smallest absolute Gasteiger partial charge is 0.337 e. The molecule has 0 aromatic rings. The van der Waals surface area contributed by atoms with Gasteiger partial charge >= 0.3 is 5.97 Å². The van der Waals surface area contributed by atoms with E-state index in [2.05, 4.69) is 10.8 Å². The van der Waals surface area contributed by atoms with Crippen molar-refractivity contribution < 1.29 is 34.9 Å². The van der Waals surface area contributed by atoms with Gasteiger partial charge in [-0.2, -0.15) is 0 Å². The number of hydroxylamine groups is 1. The zero-order valence-corrected chi connectivity index (χ0v) is 16.4. The van der Waals surface area contributed by atoms with Crippen LogP contribution in [0.4, 0.5) is 0 Å². The Kier molecular flexibility index (Phi) is 15.0. The Hall–Kier alpha value is -1.26. The predicted molar refractivity (Wildman–Crippen MR) is 99.8 cm³/mol. The van der Waals surface area contributed by atoms with Crippen LogP contribution in [-0.2, 0) is 14.4 Å². The van der Waals surface area contributed by atoms with Gasteiger partial charge in [-0.05, 0) is 19.8 Å². The molecule has 0 radical (unpaired) electrons. The van der Waals surface area contributed by atoms with Crippen LogP contribution in [0.5, 0.6) is 0 Å². The van der Waals surface area contributed by atoms with Crippen molar-refractivity contribution >= 4 is 11.9 Å². The Bertz CT molecular complexity index is 407. The quantitative estimate of drug-likeness (QED) is 0.153. The minimum atomic E-state index is -1.74. The molecule has 0 heterocycles. The van der Waals surface area contributed by atoms with E-state index < -0.39 is 30.4 Å². The number of hydrogen-bond donors (Lipinski definition) is 6. The van der Waals surface area contributed by atoms with Crippen LogP contribution in [0, 0.1) is 0 Å². The topological polar surface area (TPSA) is 148 Å². The first-order valence-electron chi connectivity index (χ1n) is 9.67. The summed E-state index contributed by atoms with van der Waals surface area (Å²) in [6.45, 7) is 1.68. The number of aliphatic hydroxyl groups is 3. The molecule has 0 aromatic heterocycles. The first-order valence-corrected chi connectivity index (χ1v) is 9.67. The van der Waals surface area contributed by atoms with Crippen molar-refractivity contribution in [3.63, 3.8) is 0 Å². The Morgan fingerprint density at radius 1 is 0.889 bits per heavy atom. The second-order valence-electron chi connectivity index (χ2n) is 6.74. The summed E-state index contributed by atoms with van der Waals surface area (Å²) in [6, 6.07) is 0. The number of amides is 1. The van der Waals surface area contributed by atoms with Crippen LogP contribution in [0.15, 0.2) is 0 Å². The second kappa shape index (κ2) is 15.8. The standard InChI is InChI=1S/C18H36N2O7/c1-13(21)15(23)16(24)17(18(25)26)27-20-12-10-8-6-4-3-5-7-9-11-14(22)19-2/h13,15-17,20-21,23-24H,3-12H2,1-2H3,(H,19,22)(H,25,26). The molecule has 0 aromatic carbocycles. The molecule has 0 aliphatic carbocycles. The fourth-order valence-corrected chi connectivity index (χ4v) is 2.55. The van der Waals surface area contributed by atoms with Crippen LogP contribution in [-0.4, -0.2) is 70.3 Å². The molecule has 0 fully saturated rings. The Balaban J connectivity index is 3.66. The molecule has 0 saturated heterocycles. The minimum Gasteiger partial charge on any atom is -0.479 e. The summed E-state index contributed by atoms with van der Waals surface area (Å²) in [7, 11) is 1.64. The number of carboxylic acid groups (broad SMARTS) is 1. The van der Waals surface area contributed by atoms with Crippen LogP contribution in [0.2, 0.25) is 0 Å². The second-order valence-corrected chi connectivity index (χ2v) is 6.74. The summed E-state index contributed by atoms with van der Waals surface area (Å²) in [5.74, 6) is -1.34. The lowest BCUT2D eigenvalue weighted by molar-refractivity contribution is -0.180. The third kappa shape index (κ3) is 12.7. The molecular formula is C18H36N2O7. The van der Waals surface area contributed by atoms with Gasteiger partial charge in [-0.15, -0.1) is 0 Å². The van der Waals surface area contributed by atoms with E-state index in [-0.39, 0.29) is 5.91 Å². The van der Waals surface area contributed by atoms with Crippen LogP contribution in [0.25, 0.3) is 0 Å². The molecule has 160 valence electrons. The molecule has 4 unspecified atom stereocenters. The number of unbranched alkanes of at least 4 members (excludes halogenated alkanes) is 7. The molecule has 0 aliphatic heterocycles. The van der Waals surface area contributed by atoms with Gasteiger partial charge in [-0.1, -0.05) is 38.5 Å². The Labute approximate surface area is 161 Å². The zero-order chi connectivity index (χ0) is 20.7. The van der Waals surface area contributed by atoms with E-state index in [0.29, 0.717) is 13.0 Å². The van der Waals surface area contributed by atoms with Gasteiger partial charge in [0.1, 0.15) is 12.2 Å². The number of aliphatic carboxylic acids is 1. The highest BCUT2D eigenvalue weighted by Crippen LogP contribution is 2.10. The van der Waals surface area contributed by atoms with E-state index >= 15 is 0 Å². The van der Waals surface area contributed by atoms with E-state index in [4.69, 9.17) is 9.94 Å². The minimum absolute atomic E-state index is 0.0859. The molecule has 6 N–H and O–H groups in total. The van der Waals surface area contributed by atoms with Crippen LogP contribution in [0.3, 0.4) is 0 Å². The summed E-state index contributed by atoms with van der Waals surface area (Å²) < 4.78 is 0. The molecule has 4 atom stereocenters. The van der Waals surface area contributed by atoms with Crippen molar-refractivity contribution in [3.05, 3.63) is 0 Å². The largest absolute Gasteiger partial charge is 0.479 e. The van der Waals surface area contributed by atoms with E-state index in [1.807, 2.05) is 0 Å². The number of carbonyl (C=O) groups excluding carboxylic acids is 1. The van der Waals surface area contributed by atoms with Gasteiger partial charge in [0.25, 0.3) is 0 Å². The van der Waals surface area contributed by atoms with Gasteiger partial charge in [0.05, 0.1) is 6.10 Å². The Morgan fingerprint density at radius 2 is 1.41 bits per heavy atom. The summed E-state index contributed by atoms with van der Waals surface area (Å²) in [5, 5.41) is 40.2. The normalized spacial score (nSPS) is 15.7. The molecule has 0 saturated carbocycles. The van der Waals surface area contributed by atoms with Crippen molar-refractivity contribution in [2.75, 3.05) is 13.6 Å². The number of rotatable bonds is 17. The maximum Gasteiger partial charge on any atom is 0.337 e. The van der Waals surface area contributed by atoms with E-state index in [0.717, 1.165) is 51.4 Å². The number of carbonyl (C=O) groups is 2. The molecule has 0 rings (SSSR count). The lowest BCUT2D eigenvalue weighted by Crippen LogP contribution is -2.49. The van der Waals surface area contributed by atoms with Gasteiger partial charge in [-0.3, -0.25) is 9.63 Å². The van der Waals surface area contributed by atoms with Gasteiger partial charge in [0.15, 0.2) is 0 Å². The first-order chi connectivity index (χ1) is 12.8. The van der Waals surface area contributed by atoms with Crippen LogP contribution < -0.4 is 10.8 Å². The summed E-state index contributed by atoms with van der Waals surface area (Å²) in [6.07, 6.45) is 2.44. The lowest BCUT2D eigenvalue weighted by atomic mass is 10.0. The van der Waals surface area contributed by atoms with E-state index in [1.165, 1.54) is 6.92 Å². The highest BCUT2D eigenvalue weighted by molar-refractivity contribution is 5.75. The summed E-state index contributed by atoms with van der Waals surface area (Å²) in [4.78, 5) is 27.1. The van der Waals surface area contributed by atoms with Gasteiger partial charge in [0.2, 0.25) is 12.0 Å². The molecule has 27 heavy (non-hydrogen) atoms. The molecule has 9 nitrogen and oxygen atoms in total. The highest BCUT2D eigenvalue weighted by Gasteiger charge is 2.35. The SMILES string of the molecule is CNC(=O)CCCCCCCCCCNOC(C(=O)O)C(O)C(O)C(C)O. The van der Waals surface area contributed by atoms with Crippen LogP contribution >= 0.6 is 0 Å². The molecule has 0 spiro atoms. The molecular weight excluding hydrogens is 356 g/mol.